The van der Waals surface area contributed by atoms with Gasteiger partial charge in [-0.1, -0.05) is 389 Å². The molecule has 90 heavy (non-hydrogen) atoms. The third kappa shape index (κ3) is 74.6. The number of ether oxygens (including phenoxy) is 1. The third-order valence-corrected chi connectivity index (χ3v) is 18.8. The fraction of sp³-hybridized carbons (Fsp3) is 0.857. The topological polar surface area (TPSA) is 95.9 Å². The smallest absolute Gasteiger partial charge is 0.305 e. The molecule has 0 aromatic rings. The number of aliphatic hydroxyl groups is 2. The summed E-state index contributed by atoms with van der Waals surface area (Å²) in [5, 5.41) is 23.3. The van der Waals surface area contributed by atoms with Crippen molar-refractivity contribution in [2.75, 3.05) is 13.2 Å². The maximum atomic E-state index is 12.5. The minimum atomic E-state index is -0.845. The molecule has 0 heterocycles. The van der Waals surface area contributed by atoms with Crippen LogP contribution in [0.4, 0.5) is 0 Å². The lowest BCUT2D eigenvalue weighted by molar-refractivity contribution is -0.143. The van der Waals surface area contributed by atoms with Gasteiger partial charge in [-0.05, 0) is 96.3 Å². The van der Waals surface area contributed by atoms with E-state index in [0.29, 0.717) is 19.4 Å². The molecular weight excluding hydrogens is 1100 g/mol. The van der Waals surface area contributed by atoms with Gasteiger partial charge in [-0.3, -0.25) is 9.59 Å². The number of hydrogen-bond acceptors (Lipinski definition) is 5. The standard InChI is InChI=1S/C84H157NO5/c1-3-5-7-9-11-13-15-17-19-21-23-37-41-44-48-52-56-60-64-68-72-76-82(87)81(80-86)85-83(88)77-73-69-65-61-57-53-49-45-42-38-35-33-31-29-27-25-24-26-28-30-32-34-36-39-43-47-51-55-59-63-67-71-75-79-90-84(89)78-74-70-66-62-58-54-50-46-40-22-20-18-16-14-12-10-8-6-4-2/h12,14,18,20,28,30,34,36,72,76,81-82,86-87H,3-11,13,15-17,19,21-27,29,31-33,35,37-71,73-75,77-80H2,1-2H3,(H,85,88)/b14-12-,20-18-,30-28-,36-34-,76-72+. The molecule has 2 unspecified atom stereocenters. The van der Waals surface area contributed by atoms with Gasteiger partial charge in [0.15, 0.2) is 0 Å². The number of nitrogens with one attached hydrogen (secondary N) is 1. The number of allylic oxidation sites excluding steroid dienone is 9. The summed E-state index contributed by atoms with van der Waals surface area (Å²) in [4.78, 5) is 24.7. The van der Waals surface area contributed by atoms with Gasteiger partial charge in [-0.2, -0.15) is 0 Å². The molecule has 1 amide bonds. The third-order valence-electron chi connectivity index (χ3n) is 18.8. The Morgan fingerprint density at radius 1 is 0.311 bits per heavy atom. The summed E-state index contributed by atoms with van der Waals surface area (Å²) < 4.78 is 5.51. The van der Waals surface area contributed by atoms with Gasteiger partial charge in [-0.15, -0.1) is 0 Å². The number of carbonyl (C=O) groups excluding carboxylic acids is 2. The van der Waals surface area contributed by atoms with Crippen LogP contribution in [0, 0.1) is 0 Å². The molecule has 0 saturated heterocycles. The van der Waals surface area contributed by atoms with Crippen LogP contribution in [-0.2, 0) is 14.3 Å². The maximum absolute atomic E-state index is 12.5. The van der Waals surface area contributed by atoms with E-state index in [1.807, 2.05) is 6.08 Å². The largest absolute Gasteiger partial charge is 0.466 e. The summed E-state index contributed by atoms with van der Waals surface area (Å²) >= 11 is 0. The second kappa shape index (κ2) is 79.0. The molecule has 0 aromatic carbocycles. The van der Waals surface area contributed by atoms with Gasteiger partial charge in [0.25, 0.3) is 0 Å². The van der Waals surface area contributed by atoms with Crippen LogP contribution in [0.25, 0.3) is 0 Å². The number of esters is 1. The molecule has 0 rings (SSSR count). The normalized spacial score (nSPS) is 12.8. The van der Waals surface area contributed by atoms with Crippen LogP contribution in [-0.4, -0.2) is 47.4 Å². The van der Waals surface area contributed by atoms with Crippen molar-refractivity contribution in [3.63, 3.8) is 0 Å². The van der Waals surface area contributed by atoms with E-state index in [2.05, 4.69) is 67.8 Å². The molecule has 0 aliphatic rings. The van der Waals surface area contributed by atoms with Gasteiger partial charge in [0.2, 0.25) is 5.91 Å². The second-order valence-corrected chi connectivity index (χ2v) is 27.7. The summed E-state index contributed by atoms with van der Waals surface area (Å²) in [6, 6.07) is -0.629. The molecule has 528 valence electrons. The van der Waals surface area contributed by atoms with Crippen LogP contribution < -0.4 is 5.32 Å². The average molecular weight is 1260 g/mol. The van der Waals surface area contributed by atoms with Crippen molar-refractivity contribution in [3.8, 4) is 0 Å². The number of rotatable bonds is 76. The van der Waals surface area contributed by atoms with Gasteiger partial charge >= 0.3 is 5.97 Å². The molecule has 0 aliphatic heterocycles. The van der Waals surface area contributed by atoms with Crippen molar-refractivity contribution in [2.24, 2.45) is 0 Å². The number of aliphatic hydroxyl groups excluding tert-OH is 2. The van der Waals surface area contributed by atoms with E-state index in [4.69, 9.17) is 4.74 Å². The van der Waals surface area contributed by atoms with Crippen LogP contribution in [0.3, 0.4) is 0 Å². The molecular formula is C84H157NO5. The van der Waals surface area contributed by atoms with Crippen LogP contribution in [0.2, 0.25) is 0 Å². The molecule has 6 nitrogen and oxygen atoms in total. The molecule has 0 radical (unpaired) electrons. The van der Waals surface area contributed by atoms with Crippen LogP contribution >= 0.6 is 0 Å². The number of unbranched alkanes of at least 4 members (excludes halogenated alkanes) is 57. The van der Waals surface area contributed by atoms with Gasteiger partial charge in [0.05, 0.1) is 25.4 Å². The van der Waals surface area contributed by atoms with Gasteiger partial charge in [0.1, 0.15) is 0 Å². The van der Waals surface area contributed by atoms with Crippen LogP contribution in [0.15, 0.2) is 60.8 Å². The molecule has 0 aromatic heterocycles. The zero-order valence-corrected chi connectivity index (χ0v) is 60.6. The Bertz CT molecular complexity index is 1550. The van der Waals surface area contributed by atoms with E-state index >= 15 is 0 Å². The Labute approximate surface area is 562 Å². The van der Waals surface area contributed by atoms with Crippen molar-refractivity contribution in [1.82, 2.24) is 5.32 Å². The molecule has 6 heteroatoms. The highest BCUT2D eigenvalue weighted by molar-refractivity contribution is 5.76. The van der Waals surface area contributed by atoms with E-state index in [9.17, 15) is 19.8 Å². The lowest BCUT2D eigenvalue weighted by Crippen LogP contribution is -2.45. The summed E-state index contributed by atoms with van der Waals surface area (Å²) in [5.74, 6) is -0.0518. The van der Waals surface area contributed by atoms with E-state index in [0.717, 1.165) is 57.8 Å². The molecule has 2 atom stereocenters. The fourth-order valence-corrected chi connectivity index (χ4v) is 12.6. The van der Waals surface area contributed by atoms with Crippen molar-refractivity contribution in [2.45, 2.75) is 450 Å². The lowest BCUT2D eigenvalue weighted by atomic mass is 10.0. The van der Waals surface area contributed by atoms with Crippen molar-refractivity contribution in [3.05, 3.63) is 60.8 Å². The summed E-state index contributed by atoms with van der Waals surface area (Å²) in [6.45, 7) is 4.92. The fourth-order valence-electron chi connectivity index (χ4n) is 12.6. The Kier molecular flexibility index (Phi) is 76.9. The highest BCUT2D eigenvalue weighted by atomic mass is 16.5. The van der Waals surface area contributed by atoms with Crippen molar-refractivity contribution in [1.29, 1.82) is 0 Å². The second-order valence-electron chi connectivity index (χ2n) is 27.7. The first-order valence-corrected chi connectivity index (χ1v) is 40.6. The predicted molar refractivity (Wildman–Crippen MR) is 398 cm³/mol. The number of carbonyl (C=O) groups is 2. The summed E-state index contributed by atoms with van der Waals surface area (Å²) in [5.41, 5.74) is 0. The van der Waals surface area contributed by atoms with Gasteiger partial charge in [-0.25, -0.2) is 0 Å². The number of hydrogen-bond donors (Lipinski definition) is 3. The van der Waals surface area contributed by atoms with E-state index in [1.165, 1.54) is 353 Å². The molecule has 0 aliphatic carbocycles. The van der Waals surface area contributed by atoms with E-state index in [-0.39, 0.29) is 18.5 Å². The quantitative estimate of drug-likeness (QED) is 0.0320. The first kappa shape index (κ1) is 87.6. The van der Waals surface area contributed by atoms with E-state index < -0.39 is 12.1 Å². The highest BCUT2D eigenvalue weighted by Crippen LogP contribution is 2.19. The molecule has 0 bridgehead atoms. The summed E-state index contributed by atoms with van der Waals surface area (Å²) in [6.07, 6.45) is 106. The van der Waals surface area contributed by atoms with Crippen LogP contribution in [0.5, 0.6) is 0 Å². The van der Waals surface area contributed by atoms with Gasteiger partial charge in [0, 0.05) is 12.8 Å². The van der Waals surface area contributed by atoms with E-state index in [1.54, 1.807) is 6.08 Å². The monoisotopic (exact) mass is 1260 g/mol. The Balaban J connectivity index is 3.40. The first-order chi connectivity index (χ1) is 44.5. The molecule has 0 saturated carbocycles. The first-order valence-electron chi connectivity index (χ1n) is 40.6. The van der Waals surface area contributed by atoms with Gasteiger partial charge < -0.3 is 20.3 Å². The highest BCUT2D eigenvalue weighted by Gasteiger charge is 2.18. The SMILES string of the molecule is CCCCC/C=C\C/C=C\CCCCCCCCCCCC(=O)OCCCCCCCCCCC/C=C\C/C=C\CCCCCCCCCCCCCCCCCCCC(=O)NC(CO)C(O)/C=C/CCCCCCCCCCCCCCCCCCCCC. The average Bonchev–Trinajstić information content (AvgIpc) is 3.65. The van der Waals surface area contributed by atoms with Crippen molar-refractivity contribution >= 4 is 11.9 Å². The predicted octanol–water partition coefficient (Wildman–Crippen LogP) is 26.9. The maximum Gasteiger partial charge on any atom is 0.305 e. The zero-order valence-electron chi connectivity index (χ0n) is 60.6. The molecule has 0 fully saturated rings. The minimum absolute atomic E-state index is 0.0105. The molecule has 0 spiro atoms. The summed E-state index contributed by atoms with van der Waals surface area (Å²) in [7, 11) is 0. The minimum Gasteiger partial charge on any atom is -0.466 e. The van der Waals surface area contributed by atoms with Crippen LogP contribution in [0.1, 0.15) is 438 Å². The Morgan fingerprint density at radius 2 is 0.556 bits per heavy atom. The zero-order chi connectivity index (χ0) is 64.9. The number of amides is 1. The van der Waals surface area contributed by atoms with Crippen molar-refractivity contribution < 1.29 is 24.5 Å². The lowest BCUT2D eigenvalue weighted by Gasteiger charge is -2.20. The Morgan fingerprint density at radius 3 is 0.867 bits per heavy atom. The molecule has 3 N–H and O–H groups in total. The Hall–Kier alpha value is -2.44.